The van der Waals surface area contributed by atoms with Crippen LogP contribution in [0.5, 0.6) is 0 Å². The van der Waals surface area contributed by atoms with E-state index in [1.165, 1.54) is 0 Å². The molecule has 0 rings (SSSR count). The predicted molar refractivity (Wildman–Crippen MR) is 72.7 cm³/mol. The van der Waals surface area contributed by atoms with Crippen LogP contribution in [0.4, 0.5) is 83.4 Å². The van der Waals surface area contributed by atoms with Gasteiger partial charge in [-0.15, -0.1) is 0 Å². The lowest BCUT2D eigenvalue weighted by Gasteiger charge is -2.40. The molecule has 0 unspecified atom stereocenters. The Morgan fingerprint density at radius 2 is 0.946 bits per heavy atom. The highest BCUT2D eigenvalue weighted by molar-refractivity contribution is 5.91. The summed E-state index contributed by atoms with van der Waals surface area (Å²) in [5, 5.41) is 0. The van der Waals surface area contributed by atoms with Gasteiger partial charge in [-0.25, -0.2) is 9.59 Å². The zero-order valence-corrected chi connectivity index (χ0v) is 16.5. The first-order valence-corrected chi connectivity index (χ1v) is 8.11. The quantitative estimate of drug-likeness (QED) is 0.137. The van der Waals surface area contributed by atoms with E-state index < -0.39 is 78.0 Å². The number of hydrogen-bond donors (Lipinski definition) is 0. The Kier molecular flexibility index (Phi) is 8.90. The molecule has 23 heteroatoms. The third kappa shape index (κ3) is 5.34. The first-order valence-electron chi connectivity index (χ1n) is 8.11. The average molecular weight is 598 g/mol. The van der Waals surface area contributed by atoms with Gasteiger partial charge in [0.15, 0.2) is 0 Å². The van der Waals surface area contributed by atoms with Crippen LogP contribution in [0.3, 0.4) is 0 Å². The summed E-state index contributed by atoms with van der Waals surface area (Å²) in [4.78, 5) is 22.0. The van der Waals surface area contributed by atoms with Crippen molar-refractivity contribution in [2.24, 2.45) is 0 Å². The number of carbonyl (C=O) groups excluding carboxylic acids is 2. The van der Waals surface area contributed by atoms with E-state index in [0.717, 1.165) is 6.92 Å². The van der Waals surface area contributed by atoms with Crippen molar-refractivity contribution < 1.29 is 102 Å². The summed E-state index contributed by atoms with van der Waals surface area (Å²) in [5.74, 6) is -58.7. The minimum Gasteiger partial charge on any atom is -0.462 e. The molecule has 0 amide bonds. The van der Waals surface area contributed by atoms with Gasteiger partial charge in [0, 0.05) is 0 Å². The van der Waals surface area contributed by atoms with E-state index in [4.69, 9.17) is 0 Å². The van der Waals surface area contributed by atoms with Gasteiger partial charge < -0.3 is 9.47 Å². The standard InChI is InChI=1S/C14H5F19O4/c1-2-36-5(34)3(8(18,19)20)4(15)37-6(35)7(16,17)9(21,22)10(23,24)11(25,26)12(27,28)13(29,30)14(31,32)33/h2H2,1H3. The van der Waals surface area contributed by atoms with Crippen LogP contribution in [0.2, 0.25) is 0 Å². The second kappa shape index (κ2) is 9.58. The van der Waals surface area contributed by atoms with Gasteiger partial charge in [0.25, 0.3) is 0 Å². The molecule has 0 bridgehead atoms. The molecule has 0 N–H and O–H groups in total. The lowest BCUT2D eigenvalue weighted by Crippen LogP contribution is -2.73. The average Bonchev–Trinajstić information content (AvgIpc) is 2.65. The van der Waals surface area contributed by atoms with E-state index in [-0.39, 0.29) is 0 Å². The second-order valence-corrected chi connectivity index (χ2v) is 6.20. The predicted octanol–water partition coefficient (Wildman–Crippen LogP) is 6.21. The molecule has 218 valence electrons. The molecule has 0 aromatic rings. The maximum atomic E-state index is 13.5. The van der Waals surface area contributed by atoms with E-state index in [2.05, 4.69) is 9.47 Å². The highest BCUT2D eigenvalue weighted by atomic mass is 19.4. The largest absolute Gasteiger partial charge is 0.462 e. The van der Waals surface area contributed by atoms with Crippen LogP contribution in [0.1, 0.15) is 6.92 Å². The summed E-state index contributed by atoms with van der Waals surface area (Å²) in [6.45, 7) is -0.336. The van der Waals surface area contributed by atoms with Crippen LogP contribution >= 0.6 is 0 Å². The van der Waals surface area contributed by atoms with Crippen LogP contribution in [-0.4, -0.2) is 66.4 Å². The van der Waals surface area contributed by atoms with Gasteiger partial charge in [-0.3, -0.25) is 0 Å². The molecule has 37 heavy (non-hydrogen) atoms. The second-order valence-electron chi connectivity index (χ2n) is 6.20. The minimum atomic E-state index is -8.82. The first kappa shape index (κ1) is 34.4. The number of esters is 2. The molecule has 0 saturated carbocycles. The van der Waals surface area contributed by atoms with Crippen molar-refractivity contribution in [1.82, 2.24) is 0 Å². The molecule has 0 heterocycles. The lowest BCUT2D eigenvalue weighted by molar-refractivity contribution is -0.450. The smallest absolute Gasteiger partial charge is 0.460 e. The van der Waals surface area contributed by atoms with Crippen molar-refractivity contribution in [2.75, 3.05) is 6.61 Å². The lowest BCUT2D eigenvalue weighted by atomic mass is 9.91. The molecular formula is C14H5F19O4. The molecule has 0 radical (unpaired) electrons. The molecule has 0 aliphatic rings. The van der Waals surface area contributed by atoms with Crippen molar-refractivity contribution in [3.05, 3.63) is 11.6 Å². The Bertz CT molecular complexity index is 911. The molecular weight excluding hydrogens is 593 g/mol. The molecule has 0 aliphatic heterocycles. The summed E-state index contributed by atoms with van der Waals surface area (Å²) >= 11 is 0. The molecule has 0 fully saturated rings. The van der Waals surface area contributed by atoms with Crippen LogP contribution in [-0.2, 0) is 19.1 Å². The summed E-state index contributed by atoms with van der Waals surface area (Å²) in [6, 6.07) is -3.98. The maximum Gasteiger partial charge on any atom is 0.460 e. The normalized spacial score (nSPS) is 15.8. The Labute approximate surface area is 188 Å². The molecule has 4 nitrogen and oxygen atoms in total. The number of alkyl halides is 18. The summed E-state index contributed by atoms with van der Waals surface area (Å²) in [5.41, 5.74) is -3.53. The van der Waals surface area contributed by atoms with E-state index >= 15 is 0 Å². The van der Waals surface area contributed by atoms with Crippen molar-refractivity contribution in [3.8, 4) is 0 Å². The third-order valence-electron chi connectivity index (χ3n) is 3.73. The molecule has 0 atom stereocenters. The van der Waals surface area contributed by atoms with Crippen LogP contribution in [0.15, 0.2) is 11.6 Å². The number of hydrogen-bond acceptors (Lipinski definition) is 4. The number of carbonyl (C=O) groups is 2. The van der Waals surface area contributed by atoms with Gasteiger partial charge in [-0.05, 0) is 6.92 Å². The highest BCUT2D eigenvalue weighted by Gasteiger charge is 2.94. The fourth-order valence-corrected chi connectivity index (χ4v) is 1.80. The number of ether oxygens (including phenoxy) is 2. The SMILES string of the molecule is CCOC(=O)C(=C(F)OC(=O)C(F)(F)C(F)(F)C(F)(F)C(F)(F)C(F)(F)C(F)(F)C(F)(F)F)C(F)(F)F. The molecule has 0 aromatic carbocycles. The van der Waals surface area contributed by atoms with Gasteiger partial charge in [0.2, 0.25) is 5.57 Å². The van der Waals surface area contributed by atoms with E-state index in [9.17, 15) is 93.0 Å². The van der Waals surface area contributed by atoms with Gasteiger partial charge in [0.1, 0.15) is 0 Å². The van der Waals surface area contributed by atoms with Crippen LogP contribution in [0, 0.1) is 0 Å². The van der Waals surface area contributed by atoms with E-state index in [0.29, 0.717) is 0 Å². The number of rotatable bonds is 9. The van der Waals surface area contributed by atoms with Crippen LogP contribution < -0.4 is 0 Å². The Morgan fingerprint density at radius 1 is 0.595 bits per heavy atom. The minimum absolute atomic E-state index is 0.727. The fourth-order valence-electron chi connectivity index (χ4n) is 1.80. The molecule has 0 spiro atoms. The van der Waals surface area contributed by atoms with Gasteiger partial charge >= 0.3 is 65.8 Å². The zero-order valence-electron chi connectivity index (χ0n) is 16.5. The molecule has 0 saturated heterocycles. The molecule has 0 aromatic heterocycles. The van der Waals surface area contributed by atoms with Crippen LogP contribution in [0.25, 0.3) is 0 Å². The van der Waals surface area contributed by atoms with E-state index in [1.807, 2.05) is 0 Å². The van der Waals surface area contributed by atoms with Gasteiger partial charge in [-0.1, -0.05) is 0 Å². The summed E-state index contributed by atoms with van der Waals surface area (Å²) in [7, 11) is 0. The topological polar surface area (TPSA) is 52.6 Å². The Balaban J connectivity index is 6.74. The summed E-state index contributed by atoms with van der Waals surface area (Å²) < 4.78 is 252. The van der Waals surface area contributed by atoms with Gasteiger partial charge in [-0.2, -0.15) is 83.4 Å². The van der Waals surface area contributed by atoms with Gasteiger partial charge in [0.05, 0.1) is 6.61 Å². The Morgan fingerprint density at radius 3 is 1.27 bits per heavy atom. The maximum absolute atomic E-state index is 13.5. The number of halogens is 19. The highest BCUT2D eigenvalue weighted by Crippen LogP contribution is 2.62. The molecule has 0 aliphatic carbocycles. The first-order chi connectivity index (χ1) is 15.9. The fraction of sp³-hybridized carbons (Fsp3) is 0.714. The summed E-state index contributed by atoms with van der Waals surface area (Å²) in [6.07, 6.45) is -14.3. The van der Waals surface area contributed by atoms with Crippen molar-refractivity contribution in [1.29, 1.82) is 0 Å². The van der Waals surface area contributed by atoms with E-state index in [1.54, 1.807) is 0 Å². The van der Waals surface area contributed by atoms with Crippen molar-refractivity contribution >= 4 is 11.9 Å². The van der Waals surface area contributed by atoms with Crippen molar-refractivity contribution in [3.63, 3.8) is 0 Å². The monoisotopic (exact) mass is 598 g/mol. The van der Waals surface area contributed by atoms with Crippen molar-refractivity contribution in [2.45, 2.75) is 54.8 Å². The Hall–Kier alpha value is -2.65. The third-order valence-corrected chi connectivity index (χ3v) is 3.73. The zero-order chi connectivity index (χ0) is 30.4.